The first-order valence-corrected chi connectivity index (χ1v) is 18.8. The zero-order valence-electron chi connectivity index (χ0n) is 32.0. The molecule has 1 heteroatoms. The maximum Gasteiger partial charge on any atom is 0.135 e. The van der Waals surface area contributed by atoms with Crippen LogP contribution in [-0.4, -0.2) is 0 Å². The number of hydrogen-bond donors (Lipinski definition) is 0. The van der Waals surface area contributed by atoms with Gasteiger partial charge in [-0.1, -0.05) is 103 Å². The summed E-state index contributed by atoms with van der Waals surface area (Å²) in [6.07, 6.45) is 0. The van der Waals surface area contributed by atoms with Crippen LogP contribution in [-0.2, 0) is 0 Å². The lowest BCUT2D eigenvalue weighted by molar-refractivity contribution is 0.669. The Bertz CT molecular complexity index is 2860. The maximum atomic E-state index is 6.34. The first kappa shape index (κ1) is 33.0. The Morgan fingerprint density at radius 1 is 0.302 bits per heavy atom. The van der Waals surface area contributed by atoms with Gasteiger partial charge < -0.3 is 4.42 Å². The molecule has 0 atom stereocenters. The summed E-state index contributed by atoms with van der Waals surface area (Å²) in [5, 5.41) is 7.71. The van der Waals surface area contributed by atoms with Crippen molar-refractivity contribution >= 4 is 43.5 Å². The van der Waals surface area contributed by atoms with Crippen LogP contribution in [0.15, 0.2) is 126 Å². The Morgan fingerprint density at radius 2 is 0.736 bits per heavy atom. The van der Waals surface area contributed by atoms with Crippen LogP contribution in [0.3, 0.4) is 0 Å². The maximum absolute atomic E-state index is 6.34. The second-order valence-corrected chi connectivity index (χ2v) is 15.0. The summed E-state index contributed by atoms with van der Waals surface area (Å²) >= 11 is 0. The van der Waals surface area contributed by atoms with Gasteiger partial charge in [0.1, 0.15) is 11.2 Å². The van der Waals surface area contributed by atoms with E-state index in [-0.39, 0.29) is 0 Å². The third kappa shape index (κ3) is 4.91. The van der Waals surface area contributed by atoms with Crippen molar-refractivity contribution in [3.8, 4) is 44.5 Å². The standard InChI is InChI=1S/C52H44O/c1-29-31(3)35(7)49-47(33(29)5)51(40-26-27-46-44(28-40)42-19-14-15-21-45(42)53-46)48-34(6)30(2)32(4)36(8)50(48)52(49)43-20-13-12-18-41(43)39-24-22-38(23-25-39)37-16-10-9-11-17-37/h9-28H,1-8H3. The molecular formula is C52H44O. The molecule has 0 aliphatic carbocycles. The minimum absolute atomic E-state index is 0.923. The van der Waals surface area contributed by atoms with Gasteiger partial charge in [0.25, 0.3) is 0 Å². The fourth-order valence-corrected chi connectivity index (χ4v) is 8.99. The fourth-order valence-electron chi connectivity index (χ4n) is 8.99. The quantitative estimate of drug-likeness (QED) is 0.168. The van der Waals surface area contributed by atoms with Crippen molar-refractivity contribution in [2.75, 3.05) is 0 Å². The molecule has 0 amide bonds. The van der Waals surface area contributed by atoms with E-state index in [9.17, 15) is 0 Å². The normalized spacial score (nSPS) is 11.8. The summed E-state index contributed by atoms with van der Waals surface area (Å²) in [5.41, 5.74) is 22.8. The summed E-state index contributed by atoms with van der Waals surface area (Å²) in [6.45, 7) is 18.6. The molecule has 53 heavy (non-hydrogen) atoms. The van der Waals surface area contributed by atoms with Gasteiger partial charge in [-0.05, 0) is 184 Å². The SMILES string of the molecule is Cc1c(C)c(C)c2c(-c3ccccc3-c3ccc(-c4ccccc4)cc3)c3c(C)c(C)c(C)c(C)c3c(-c3ccc4oc5ccccc5c4c3)c2c1C. The number of aryl methyl sites for hydroxylation is 4. The minimum Gasteiger partial charge on any atom is -0.456 e. The number of rotatable bonds is 4. The molecule has 0 unspecified atom stereocenters. The molecule has 0 bridgehead atoms. The van der Waals surface area contributed by atoms with Crippen LogP contribution >= 0.6 is 0 Å². The molecule has 0 aliphatic rings. The monoisotopic (exact) mass is 684 g/mol. The number of fused-ring (bicyclic) bond motifs is 5. The number of furan rings is 1. The van der Waals surface area contributed by atoms with Crippen LogP contribution in [0.4, 0.5) is 0 Å². The molecule has 8 aromatic carbocycles. The van der Waals surface area contributed by atoms with Crippen LogP contribution in [0.5, 0.6) is 0 Å². The lowest BCUT2D eigenvalue weighted by Gasteiger charge is -2.28. The molecule has 1 aromatic heterocycles. The second kappa shape index (κ2) is 12.3. The molecule has 0 aliphatic heterocycles. The van der Waals surface area contributed by atoms with E-state index in [0.29, 0.717) is 0 Å². The molecule has 0 saturated heterocycles. The van der Waals surface area contributed by atoms with E-state index in [4.69, 9.17) is 4.42 Å². The predicted octanol–water partition coefficient (Wildman–Crippen LogP) is 15.0. The lowest BCUT2D eigenvalue weighted by atomic mass is 9.76. The molecule has 1 nitrogen and oxygen atoms in total. The van der Waals surface area contributed by atoms with E-state index < -0.39 is 0 Å². The Hall–Kier alpha value is -5.92. The highest BCUT2D eigenvalue weighted by molar-refractivity contribution is 6.26. The second-order valence-electron chi connectivity index (χ2n) is 15.0. The molecule has 9 rings (SSSR count). The summed E-state index contributed by atoms with van der Waals surface area (Å²) in [6, 6.07) is 44.1. The van der Waals surface area contributed by atoms with Crippen molar-refractivity contribution in [1.29, 1.82) is 0 Å². The van der Waals surface area contributed by atoms with Crippen LogP contribution in [0.25, 0.3) is 88.0 Å². The largest absolute Gasteiger partial charge is 0.456 e. The van der Waals surface area contributed by atoms with Crippen molar-refractivity contribution < 1.29 is 4.42 Å². The summed E-state index contributed by atoms with van der Waals surface area (Å²) in [7, 11) is 0. The Kier molecular flexibility index (Phi) is 7.68. The van der Waals surface area contributed by atoms with Crippen molar-refractivity contribution in [3.63, 3.8) is 0 Å². The lowest BCUT2D eigenvalue weighted by Crippen LogP contribution is -2.04. The van der Waals surface area contributed by atoms with Gasteiger partial charge in [0.15, 0.2) is 0 Å². The topological polar surface area (TPSA) is 13.1 Å². The average Bonchev–Trinajstić information content (AvgIpc) is 3.58. The third-order valence-electron chi connectivity index (χ3n) is 12.5. The third-order valence-corrected chi connectivity index (χ3v) is 12.5. The van der Waals surface area contributed by atoms with Crippen molar-refractivity contribution in [2.45, 2.75) is 55.4 Å². The van der Waals surface area contributed by atoms with Crippen LogP contribution in [0.2, 0.25) is 0 Å². The first-order chi connectivity index (χ1) is 25.7. The van der Waals surface area contributed by atoms with Gasteiger partial charge in [-0.15, -0.1) is 0 Å². The number of benzene rings is 8. The van der Waals surface area contributed by atoms with E-state index in [1.807, 2.05) is 0 Å². The minimum atomic E-state index is 0.923. The molecule has 0 saturated carbocycles. The van der Waals surface area contributed by atoms with Crippen LogP contribution < -0.4 is 0 Å². The molecule has 258 valence electrons. The van der Waals surface area contributed by atoms with Gasteiger partial charge in [0, 0.05) is 10.8 Å². The van der Waals surface area contributed by atoms with Gasteiger partial charge in [0.05, 0.1) is 0 Å². The molecular weight excluding hydrogens is 641 g/mol. The molecule has 0 radical (unpaired) electrons. The Labute approximate surface area is 312 Å². The molecule has 0 N–H and O–H groups in total. The van der Waals surface area contributed by atoms with E-state index in [0.717, 1.165) is 21.9 Å². The Morgan fingerprint density at radius 3 is 1.34 bits per heavy atom. The Balaban J connectivity index is 1.45. The van der Waals surface area contributed by atoms with Crippen molar-refractivity contribution in [2.24, 2.45) is 0 Å². The van der Waals surface area contributed by atoms with E-state index in [1.54, 1.807) is 0 Å². The fraction of sp³-hybridized carbons (Fsp3) is 0.154. The molecule has 1 heterocycles. The highest BCUT2D eigenvalue weighted by atomic mass is 16.3. The number of para-hydroxylation sites is 1. The molecule has 0 fully saturated rings. The van der Waals surface area contributed by atoms with Gasteiger partial charge in [-0.2, -0.15) is 0 Å². The average molecular weight is 685 g/mol. The van der Waals surface area contributed by atoms with Gasteiger partial charge >= 0.3 is 0 Å². The molecule has 0 spiro atoms. The zero-order chi connectivity index (χ0) is 36.7. The van der Waals surface area contributed by atoms with Crippen molar-refractivity contribution in [1.82, 2.24) is 0 Å². The summed E-state index contributed by atoms with van der Waals surface area (Å²) in [5.74, 6) is 0. The summed E-state index contributed by atoms with van der Waals surface area (Å²) in [4.78, 5) is 0. The summed E-state index contributed by atoms with van der Waals surface area (Å²) < 4.78 is 6.34. The van der Waals surface area contributed by atoms with Gasteiger partial charge in [0.2, 0.25) is 0 Å². The molecule has 9 aromatic rings. The van der Waals surface area contributed by atoms with E-state index in [1.165, 1.54) is 111 Å². The van der Waals surface area contributed by atoms with Crippen LogP contribution in [0.1, 0.15) is 44.5 Å². The highest BCUT2D eigenvalue weighted by Crippen LogP contribution is 2.52. The van der Waals surface area contributed by atoms with Gasteiger partial charge in [-0.3, -0.25) is 0 Å². The first-order valence-electron chi connectivity index (χ1n) is 18.8. The zero-order valence-corrected chi connectivity index (χ0v) is 32.0. The van der Waals surface area contributed by atoms with Crippen LogP contribution in [0, 0.1) is 55.4 Å². The highest BCUT2D eigenvalue weighted by Gasteiger charge is 2.27. The number of hydrogen-bond acceptors (Lipinski definition) is 1. The van der Waals surface area contributed by atoms with Crippen molar-refractivity contribution in [3.05, 3.63) is 166 Å². The smallest absolute Gasteiger partial charge is 0.135 e. The van der Waals surface area contributed by atoms with E-state index >= 15 is 0 Å². The van der Waals surface area contributed by atoms with E-state index in [2.05, 4.69) is 177 Å². The van der Waals surface area contributed by atoms with Gasteiger partial charge in [-0.25, -0.2) is 0 Å². The predicted molar refractivity (Wildman–Crippen MR) is 228 cm³/mol.